The van der Waals surface area contributed by atoms with Crippen molar-refractivity contribution >= 4 is 21.6 Å². The number of fused-ring (bicyclic) bond motifs is 2. The quantitative estimate of drug-likeness (QED) is 0.907. The molecule has 7 heteroatoms. The number of hydrogen-bond acceptors (Lipinski definition) is 4. The number of hydrogen-bond donors (Lipinski definition) is 1. The molecule has 2 aliphatic rings. The molecule has 2 N–H and O–H groups in total. The number of ether oxygens (including phenoxy) is 1. The van der Waals surface area contributed by atoms with E-state index in [2.05, 4.69) is 0 Å². The molecule has 1 atom stereocenters. The molecule has 0 unspecified atom stereocenters. The number of sulfonamides is 1. The number of nitrogens with two attached hydrogens (primary N) is 1. The molecule has 24 heavy (non-hydrogen) atoms. The monoisotopic (exact) mass is 344 g/mol. The molecule has 0 fully saturated rings. The third kappa shape index (κ3) is 2.16. The molecular formula is C17H16N2O4S. The average Bonchev–Trinajstić information content (AvgIpc) is 3.18. The fourth-order valence-electron chi connectivity index (χ4n) is 3.31. The summed E-state index contributed by atoms with van der Waals surface area (Å²) < 4.78 is 33.0. The van der Waals surface area contributed by atoms with Crippen molar-refractivity contribution in [1.29, 1.82) is 0 Å². The van der Waals surface area contributed by atoms with Crippen molar-refractivity contribution < 1.29 is 17.9 Å². The molecule has 1 amide bonds. The molecule has 0 aromatic heterocycles. The Morgan fingerprint density at radius 2 is 1.96 bits per heavy atom. The minimum atomic E-state index is -3.89. The average molecular weight is 344 g/mol. The molecule has 0 bridgehead atoms. The van der Waals surface area contributed by atoms with Crippen molar-refractivity contribution in [2.75, 3.05) is 10.9 Å². The molecule has 4 rings (SSSR count). The number of amides is 1. The van der Waals surface area contributed by atoms with Crippen LogP contribution in [0, 0.1) is 0 Å². The van der Waals surface area contributed by atoms with Gasteiger partial charge in [0.05, 0.1) is 17.2 Å². The summed E-state index contributed by atoms with van der Waals surface area (Å²) in [5, 5.41) is 0. The summed E-state index contributed by atoms with van der Waals surface area (Å²) in [6, 6.07) is 11.0. The van der Waals surface area contributed by atoms with Crippen LogP contribution in [0.4, 0.5) is 5.69 Å². The highest BCUT2D eigenvalue weighted by Crippen LogP contribution is 2.38. The fraction of sp³-hybridized carbons (Fsp3) is 0.235. The highest BCUT2D eigenvalue weighted by Gasteiger charge is 2.41. The molecule has 0 aliphatic carbocycles. The van der Waals surface area contributed by atoms with Crippen LogP contribution in [0.25, 0.3) is 0 Å². The summed E-state index contributed by atoms with van der Waals surface area (Å²) in [5.41, 5.74) is 7.64. The summed E-state index contributed by atoms with van der Waals surface area (Å²) in [4.78, 5) is 12.0. The largest absolute Gasteiger partial charge is 0.493 e. The van der Waals surface area contributed by atoms with E-state index in [0.29, 0.717) is 30.9 Å². The molecular weight excluding hydrogens is 328 g/mol. The summed E-state index contributed by atoms with van der Waals surface area (Å²) in [7, 11) is -3.89. The summed E-state index contributed by atoms with van der Waals surface area (Å²) in [6.07, 6.45) is 0.966. The number of carbonyl (C=O) groups is 1. The zero-order chi connectivity index (χ0) is 16.9. The Morgan fingerprint density at radius 3 is 2.75 bits per heavy atom. The fourth-order valence-corrected chi connectivity index (χ4v) is 5.02. The van der Waals surface area contributed by atoms with E-state index in [1.807, 2.05) is 12.1 Å². The Labute approximate surface area is 139 Å². The predicted octanol–water partition coefficient (Wildman–Crippen LogP) is 1.23. The van der Waals surface area contributed by atoms with Gasteiger partial charge in [0.2, 0.25) is 5.91 Å². The maximum Gasteiger partial charge on any atom is 0.265 e. The van der Waals surface area contributed by atoms with E-state index in [1.165, 1.54) is 6.07 Å². The number of rotatable bonds is 3. The summed E-state index contributed by atoms with van der Waals surface area (Å²) in [6.45, 7) is 0.551. The third-order valence-electron chi connectivity index (χ3n) is 4.47. The second-order valence-corrected chi connectivity index (χ2v) is 7.73. The molecule has 0 spiro atoms. The Morgan fingerprint density at radius 1 is 1.17 bits per heavy atom. The molecule has 2 heterocycles. The Kier molecular flexibility index (Phi) is 3.28. The Bertz CT molecular complexity index is 939. The normalized spacial score (nSPS) is 18.8. The van der Waals surface area contributed by atoms with Gasteiger partial charge in [-0.25, -0.2) is 8.42 Å². The van der Waals surface area contributed by atoms with Gasteiger partial charge in [-0.05, 0) is 35.4 Å². The molecule has 0 radical (unpaired) electrons. The van der Waals surface area contributed by atoms with Crippen LogP contribution in [0.15, 0.2) is 47.4 Å². The van der Waals surface area contributed by atoms with Crippen molar-refractivity contribution in [2.45, 2.75) is 23.8 Å². The van der Waals surface area contributed by atoms with Crippen LogP contribution in [-0.2, 0) is 27.7 Å². The second-order valence-electron chi connectivity index (χ2n) is 5.92. The van der Waals surface area contributed by atoms with Crippen LogP contribution in [0.1, 0.15) is 11.1 Å². The number of primary amides is 1. The van der Waals surface area contributed by atoms with Crippen LogP contribution >= 0.6 is 0 Å². The zero-order valence-corrected chi connectivity index (χ0v) is 13.6. The van der Waals surface area contributed by atoms with E-state index in [4.69, 9.17) is 10.5 Å². The van der Waals surface area contributed by atoms with E-state index < -0.39 is 22.0 Å². The van der Waals surface area contributed by atoms with E-state index in [1.54, 1.807) is 24.3 Å². The topological polar surface area (TPSA) is 89.7 Å². The Balaban J connectivity index is 1.84. The van der Waals surface area contributed by atoms with Crippen LogP contribution in [-0.4, -0.2) is 27.0 Å². The lowest BCUT2D eigenvalue weighted by molar-refractivity contribution is -0.118. The molecule has 124 valence electrons. The van der Waals surface area contributed by atoms with E-state index in [0.717, 1.165) is 15.4 Å². The van der Waals surface area contributed by atoms with Gasteiger partial charge in [-0.3, -0.25) is 9.10 Å². The van der Waals surface area contributed by atoms with Gasteiger partial charge in [-0.2, -0.15) is 0 Å². The second kappa shape index (κ2) is 5.24. The van der Waals surface area contributed by atoms with Gasteiger partial charge in [0.1, 0.15) is 11.8 Å². The molecule has 2 aliphatic heterocycles. The molecule has 2 aromatic carbocycles. The standard InChI is InChI=1S/C17H16N2O4S/c18-17(20)15-10-11-3-1-2-4-14(11)19(15)24(21,22)13-5-6-16-12(9-13)7-8-23-16/h1-6,9,15H,7-8,10H2,(H2,18,20)/t15-/m0/s1. The zero-order valence-electron chi connectivity index (χ0n) is 12.8. The van der Waals surface area contributed by atoms with Gasteiger partial charge in [0.25, 0.3) is 10.0 Å². The Hall–Kier alpha value is -2.54. The van der Waals surface area contributed by atoms with Crippen molar-refractivity contribution in [2.24, 2.45) is 5.73 Å². The van der Waals surface area contributed by atoms with Gasteiger partial charge in [0.15, 0.2) is 0 Å². The van der Waals surface area contributed by atoms with Crippen LogP contribution in [0.5, 0.6) is 5.75 Å². The maximum atomic E-state index is 13.2. The number of nitrogens with zero attached hydrogens (tertiary/aromatic N) is 1. The highest BCUT2D eigenvalue weighted by atomic mass is 32.2. The van der Waals surface area contributed by atoms with Crippen molar-refractivity contribution in [3.63, 3.8) is 0 Å². The van der Waals surface area contributed by atoms with E-state index in [9.17, 15) is 13.2 Å². The summed E-state index contributed by atoms with van der Waals surface area (Å²) >= 11 is 0. The van der Waals surface area contributed by atoms with Crippen LogP contribution in [0.3, 0.4) is 0 Å². The lowest BCUT2D eigenvalue weighted by Crippen LogP contribution is -2.45. The smallest absolute Gasteiger partial charge is 0.265 e. The first-order valence-electron chi connectivity index (χ1n) is 7.66. The lowest BCUT2D eigenvalue weighted by Gasteiger charge is -2.25. The maximum absolute atomic E-state index is 13.2. The molecule has 6 nitrogen and oxygen atoms in total. The first-order chi connectivity index (χ1) is 11.5. The number of anilines is 1. The van der Waals surface area contributed by atoms with E-state index in [-0.39, 0.29) is 4.90 Å². The van der Waals surface area contributed by atoms with Gasteiger partial charge in [-0.1, -0.05) is 18.2 Å². The lowest BCUT2D eigenvalue weighted by atomic mass is 10.1. The highest BCUT2D eigenvalue weighted by molar-refractivity contribution is 7.93. The van der Waals surface area contributed by atoms with Crippen molar-refractivity contribution in [1.82, 2.24) is 0 Å². The summed E-state index contributed by atoms with van der Waals surface area (Å²) in [5.74, 6) is 0.0569. The van der Waals surface area contributed by atoms with Crippen LogP contribution in [0.2, 0.25) is 0 Å². The number of carbonyl (C=O) groups excluding carboxylic acids is 1. The molecule has 0 saturated carbocycles. The van der Waals surface area contributed by atoms with Gasteiger partial charge < -0.3 is 10.5 Å². The number of para-hydroxylation sites is 1. The first-order valence-corrected chi connectivity index (χ1v) is 9.10. The van der Waals surface area contributed by atoms with Gasteiger partial charge in [-0.15, -0.1) is 0 Å². The first kappa shape index (κ1) is 15.0. The van der Waals surface area contributed by atoms with E-state index >= 15 is 0 Å². The number of benzene rings is 2. The minimum absolute atomic E-state index is 0.148. The van der Waals surface area contributed by atoms with Crippen molar-refractivity contribution in [3.8, 4) is 5.75 Å². The SMILES string of the molecule is NC(=O)[C@@H]1Cc2ccccc2N1S(=O)(=O)c1ccc2c(c1)CCO2. The van der Waals surface area contributed by atoms with Gasteiger partial charge >= 0.3 is 0 Å². The van der Waals surface area contributed by atoms with Gasteiger partial charge in [0, 0.05) is 12.8 Å². The van der Waals surface area contributed by atoms with Crippen molar-refractivity contribution in [3.05, 3.63) is 53.6 Å². The van der Waals surface area contributed by atoms with Crippen LogP contribution < -0.4 is 14.8 Å². The molecule has 0 saturated heterocycles. The predicted molar refractivity (Wildman–Crippen MR) is 88.4 cm³/mol. The minimum Gasteiger partial charge on any atom is -0.493 e. The molecule has 2 aromatic rings. The third-order valence-corrected chi connectivity index (χ3v) is 6.29.